The van der Waals surface area contributed by atoms with Crippen LogP contribution in [-0.2, 0) is 16.1 Å². The maximum atomic E-state index is 12.3. The summed E-state index contributed by atoms with van der Waals surface area (Å²) in [5.41, 5.74) is 1.12. The van der Waals surface area contributed by atoms with Gasteiger partial charge in [0.05, 0.1) is 17.2 Å². The second-order valence-corrected chi connectivity index (χ2v) is 7.00. The molecule has 22 heavy (non-hydrogen) atoms. The number of hydrogen-bond donors (Lipinski definition) is 0. The van der Waals surface area contributed by atoms with E-state index in [4.69, 9.17) is 0 Å². The molecule has 7 heteroatoms. The quantitative estimate of drug-likeness (QED) is 0.819. The van der Waals surface area contributed by atoms with E-state index in [-0.39, 0.29) is 18.4 Å². The fourth-order valence-electron chi connectivity index (χ4n) is 3.00. The highest BCUT2D eigenvalue weighted by Crippen LogP contribution is 2.13. The van der Waals surface area contributed by atoms with Gasteiger partial charge in [-0.05, 0) is 13.3 Å². The Morgan fingerprint density at radius 3 is 2.64 bits per heavy atom. The summed E-state index contributed by atoms with van der Waals surface area (Å²) >= 11 is 1.68. The normalized spacial score (nSPS) is 20.0. The predicted octanol–water partition coefficient (Wildman–Crippen LogP) is 0.718. The first kappa shape index (κ1) is 15.4. The minimum absolute atomic E-state index is 0.0828. The number of nitrogens with zero attached hydrogens (tertiary/aromatic N) is 4. The molecule has 6 nitrogen and oxygen atoms in total. The summed E-state index contributed by atoms with van der Waals surface area (Å²) in [6, 6.07) is 0. The Hall–Kier alpha value is -1.47. The van der Waals surface area contributed by atoms with Gasteiger partial charge in [-0.15, -0.1) is 11.3 Å². The Labute approximate surface area is 134 Å². The van der Waals surface area contributed by atoms with Gasteiger partial charge in [0.25, 0.3) is 0 Å². The highest BCUT2D eigenvalue weighted by molar-refractivity contribution is 7.09. The van der Waals surface area contributed by atoms with Gasteiger partial charge in [0.2, 0.25) is 11.8 Å². The molecule has 1 aromatic rings. The lowest BCUT2D eigenvalue weighted by atomic mass is 10.3. The van der Waals surface area contributed by atoms with Gasteiger partial charge in [-0.1, -0.05) is 0 Å². The zero-order valence-corrected chi connectivity index (χ0v) is 13.8. The molecule has 0 spiro atoms. The standard InChI is InChI=1S/C15H22N4O2S/c1-12-16-13(11-22-12)9-17-5-7-18(8-6-17)15(21)10-19-4-2-3-14(19)20/h11H,2-10H2,1H3. The SMILES string of the molecule is Cc1nc(CN2CCN(C(=O)CN3CCCC3=O)CC2)cs1. The maximum absolute atomic E-state index is 12.3. The van der Waals surface area contributed by atoms with Crippen LogP contribution in [0.15, 0.2) is 5.38 Å². The molecule has 0 aromatic carbocycles. The molecule has 2 fully saturated rings. The van der Waals surface area contributed by atoms with Gasteiger partial charge < -0.3 is 9.80 Å². The van der Waals surface area contributed by atoms with Gasteiger partial charge >= 0.3 is 0 Å². The van der Waals surface area contributed by atoms with Crippen molar-refractivity contribution in [1.29, 1.82) is 0 Å². The Morgan fingerprint density at radius 1 is 1.27 bits per heavy atom. The van der Waals surface area contributed by atoms with Crippen LogP contribution < -0.4 is 0 Å². The fraction of sp³-hybridized carbons (Fsp3) is 0.667. The Kier molecular flexibility index (Phi) is 4.73. The lowest BCUT2D eigenvalue weighted by Gasteiger charge is -2.35. The molecule has 2 amide bonds. The molecule has 2 aliphatic heterocycles. The minimum atomic E-state index is 0.0828. The average Bonchev–Trinajstić information content (AvgIpc) is 3.09. The van der Waals surface area contributed by atoms with Crippen LogP contribution in [0.25, 0.3) is 0 Å². The Morgan fingerprint density at radius 2 is 2.05 bits per heavy atom. The molecular weight excluding hydrogens is 300 g/mol. The van der Waals surface area contributed by atoms with Crippen LogP contribution in [0, 0.1) is 6.92 Å². The van der Waals surface area contributed by atoms with Crippen LogP contribution in [0.3, 0.4) is 0 Å². The molecule has 2 saturated heterocycles. The first-order valence-electron chi connectivity index (χ1n) is 7.81. The molecule has 0 aliphatic carbocycles. The highest BCUT2D eigenvalue weighted by atomic mass is 32.1. The van der Waals surface area contributed by atoms with Crippen molar-refractivity contribution in [3.8, 4) is 0 Å². The van der Waals surface area contributed by atoms with E-state index < -0.39 is 0 Å². The average molecular weight is 322 g/mol. The van der Waals surface area contributed by atoms with Crippen molar-refractivity contribution in [2.45, 2.75) is 26.3 Å². The fourth-order valence-corrected chi connectivity index (χ4v) is 3.60. The van der Waals surface area contributed by atoms with Crippen LogP contribution in [-0.4, -0.2) is 70.8 Å². The van der Waals surface area contributed by atoms with E-state index in [0.29, 0.717) is 6.42 Å². The molecule has 0 unspecified atom stereocenters. The second-order valence-electron chi connectivity index (χ2n) is 5.93. The summed E-state index contributed by atoms with van der Waals surface area (Å²) in [6.07, 6.45) is 1.47. The van der Waals surface area contributed by atoms with Gasteiger partial charge in [0, 0.05) is 51.1 Å². The first-order chi connectivity index (χ1) is 10.6. The molecule has 0 N–H and O–H groups in total. The van der Waals surface area contributed by atoms with Gasteiger partial charge in [0.1, 0.15) is 0 Å². The van der Waals surface area contributed by atoms with Gasteiger partial charge in [0.15, 0.2) is 0 Å². The zero-order valence-electron chi connectivity index (χ0n) is 13.0. The van der Waals surface area contributed by atoms with Crippen LogP contribution in [0.1, 0.15) is 23.5 Å². The molecule has 3 heterocycles. The van der Waals surface area contributed by atoms with Crippen molar-refractivity contribution in [3.63, 3.8) is 0 Å². The van der Waals surface area contributed by atoms with Crippen molar-refractivity contribution in [3.05, 3.63) is 16.1 Å². The predicted molar refractivity (Wildman–Crippen MR) is 84.5 cm³/mol. The van der Waals surface area contributed by atoms with Crippen molar-refractivity contribution in [2.24, 2.45) is 0 Å². The van der Waals surface area contributed by atoms with Crippen molar-refractivity contribution in [1.82, 2.24) is 19.7 Å². The summed E-state index contributed by atoms with van der Waals surface area (Å²) in [7, 11) is 0. The molecule has 120 valence electrons. The van der Waals surface area contributed by atoms with E-state index in [2.05, 4.69) is 15.3 Å². The molecular formula is C15H22N4O2S. The molecule has 3 rings (SSSR count). The number of carbonyl (C=O) groups excluding carboxylic acids is 2. The monoisotopic (exact) mass is 322 g/mol. The van der Waals surface area contributed by atoms with Gasteiger partial charge in [-0.25, -0.2) is 4.98 Å². The number of aryl methyl sites for hydroxylation is 1. The van der Waals surface area contributed by atoms with Crippen LogP contribution in [0.5, 0.6) is 0 Å². The summed E-state index contributed by atoms with van der Waals surface area (Å²) in [5, 5.41) is 3.20. The topological polar surface area (TPSA) is 56.8 Å². The van der Waals surface area contributed by atoms with Crippen molar-refractivity contribution < 1.29 is 9.59 Å². The molecule has 0 saturated carbocycles. The lowest BCUT2D eigenvalue weighted by Crippen LogP contribution is -2.51. The summed E-state index contributed by atoms with van der Waals surface area (Å²) < 4.78 is 0. The van der Waals surface area contributed by atoms with Crippen LogP contribution in [0.2, 0.25) is 0 Å². The number of thiazole rings is 1. The maximum Gasteiger partial charge on any atom is 0.242 e. The number of aromatic nitrogens is 1. The van der Waals surface area contributed by atoms with Crippen molar-refractivity contribution >= 4 is 23.2 Å². The number of piperazine rings is 1. The Bertz CT molecular complexity index is 551. The third-order valence-electron chi connectivity index (χ3n) is 4.27. The van der Waals surface area contributed by atoms with E-state index in [1.165, 1.54) is 0 Å². The lowest BCUT2D eigenvalue weighted by molar-refractivity contribution is -0.139. The third kappa shape index (κ3) is 3.64. The number of carbonyl (C=O) groups is 2. The summed E-state index contributed by atoms with van der Waals surface area (Å²) in [4.78, 5) is 34.3. The molecule has 0 atom stereocenters. The van der Waals surface area contributed by atoms with E-state index in [0.717, 1.165) is 56.4 Å². The zero-order chi connectivity index (χ0) is 15.5. The number of amides is 2. The van der Waals surface area contributed by atoms with E-state index in [1.807, 2.05) is 11.8 Å². The molecule has 0 bridgehead atoms. The van der Waals surface area contributed by atoms with Gasteiger partial charge in [-0.2, -0.15) is 0 Å². The minimum Gasteiger partial charge on any atom is -0.339 e. The first-order valence-corrected chi connectivity index (χ1v) is 8.69. The van der Waals surface area contributed by atoms with E-state index >= 15 is 0 Å². The summed E-state index contributed by atoms with van der Waals surface area (Å²) in [6.45, 7) is 7.08. The van der Waals surface area contributed by atoms with Crippen LogP contribution >= 0.6 is 11.3 Å². The summed E-state index contributed by atoms with van der Waals surface area (Å²) in [5.74, 6) is 0.199. The van der Waals surface area contributed by atoms with E-state index in [1.54, 1.807) is 16.2 Å². The highest BCUT2D eigenvalue weighted by Gasteiger charge is 2.27. The molecule has 1 aromatic heterocycles. The van der Waals surface area contributed by atoms with Crippen LogP contribution in [0.4, 0.5) is 0 Å². The second kappa shape index (κ2) is 6.75. The smallest absolute Gasteiger partial charge is 0.242 e. The molecule has 0 radical (unpaired) electrons. The third-order valence-corrected chi connectivity index (χ3v) is 5.10. The van der Waals surface area contributed by atoms with Gasteiger partial charge in [-0.3, -0.25) is 14.5 Å². The van der Waals surface area contributed by atoms with Crippen molar-refractivity contribution in [2.75, 3.05) is 39.3 Å². The number of likely N-dealkylation sites (tertiary alicyclic amines) is 1. The number of hydrogen-bond acceptors (Lipinski definition) is 5. The largest absolute Gasteiger partial charge is 0.339 e. The number of rotatable bonds is 4. The Balaban J connectivity index is 1.44. The van der Waals surface area contributed by atoms with E-state index in [9.17, 15) is 9.59 Å². The molecule has 2 aliphatic rings.